The Hall–Kier alpha value is -1.04. The molecule has 1 aromatic rings. The van der Waals surface area contributed by atoms with Gasteiger partial charge in [0, 0.05) is 24.9 Å². The maximum absolute atomic E-state index is 9.16. The molecule has 0 aliphatic carbocycles. The first-order valence-electron chi connectivity index (χ1n) is 4.04. The summed E-state index contributed by atoms with van der Waals surface area (Å²) in [6, 6.07) is 1.18. The molecule has 0 fully saturated rings. The molecule has 13 heavy (non-hydrogen) atoms. The monoisotopic (exact) mass is 183 g/mol. The molecular weight excluding hydrogens is 170 g/mol. The third-order valence-corrected chi connectivity index (χ3v) is 1.72. The number of rotatable bonds is 4. The van der Waals surface area contributed by atoms with E-state index in [1.807, 2.05) is 0 Å². The summed E-state index contributed by atoms with van der Waals surface area (Å²) in [7, 11) is 0. The Balaban J connectivity index is 2.50. The summed E-state index contributed by atoms with van der Waals surface area (Å²) in [5, 5.41) is 17.8. The molecule has 0 aromatic carbocycles. The van der Waals surface area contributed by atoms with E-state index >= 15 is 0 Å². The highest BCUT2D eigenvalue weighted by molar-refractivity contribution is 4.92. The first-order chi connectivity index (χ1) is 6.24. The summed E-state index contributed by atoms with van der Waals surface area (Å²) in [4.78, 5) is 7.90. The number of aliphatic hydroxyl groups excluding tert-OH is 2. The van der Waals surface area contributed by atoms with E-state index in [4.69, 9.17) is 15.9 Å². The van der Waals surface area contributed by atoms with Gasteiger partial charge in [0.1, 0.15) is 5.82 Å². The molecule has 5 heteroatoms. The van der Waals surface area contributed by atoms with Crippen LogP contribution in [-0.4, -0.2) is 38.9 Å². The van der Waals surface area contributed by atoms with E-state index in [0.717, 1.165) is 0 Å². The van der Waals surface area contributed by atoms with Gasteiger partial charge in [0.05, 0.1) is 12.7 Å². The standard InChI is InChI=1S/C8H13N3O2/c9-6(7(13)5-12)4-8-10-2-1-3-11-8/h1-3,6-7,12-13H,4-5,9H2/t6-,7-/m1/s1. The minimum Gasteiger partial charge on any atom is -0.394 e. The van der Waals surface area contributed by atoms with Gasteiger partial charge in [-0.1, -0.05) is 0 Å². The van der Waals surface area contributed by atoms with Crippen molar-refractivity contribution in [2.45, 2.75) is 18.6 Å². The Bertz CT molecular complexity index is 242. The molecule has 0 saturated heterocycles. The Morgan fingerprint density at radius 3 is 2.54 bits per heavy atom. The Labute approximate surface area is 76.3 Å². The van der Waals surface area contributed by atoms with Crippen LogP contribution in [0.25, 0.3) is 0 Å². The van der Waals surface area contributed by atoms with Crippen LogP contribution in [0.1, 0.15) is 5.82 Å². The van der Waals surface area contributed by atoms with Crippen LogP contribution in [0.5, 0.6) is 0 Å². The Morgan fingerprint density at radius 1 is 1.38 bits per heavy atom. The van der Waals surface area contributed by atoms with Crippen LogP contribution in [0, 0.1) is 0 Å². The largest absolute Gasteiger partial charge is 0.394 e. The van der Waals surface area contributed by atoms with Crippen molar-refractivity contribution in [3.63, 3.8) is 0 Å². The van der Waals surface area contributed by atoms with Crippen molar-refractivity contribution in [1.82, 2.24) is 9.97 Å². The lowest BCUT2D eigenvalue weighted by Crippen LogP contribution is -2.39. The molecule has 1 rings (SSSR count). The zero-order chi connectivity index (χ0) is 9.68. The molecule has 1 aromatic heterocycles. The fraction of sp³-hybridized carbons (Fsp3) is 0.500. The summed E-state index contributed by atoms with van der Waals surface area (Å²) in [5.41, 5.74) is 5.57. The molecule has 0 aliphatic rings. The summed E-state index contributed by atoms with van der Waals surface area (Å²) < 4.78 is 0. The average molecular weight is 183 g/mol. The van der Waals surface area contributed by atoms with Crippen LogP contribution in [-0.2, 0) is 6.42 Å². The number of nitrogens with zero attached hydrogens (tertiary/aromatic N) is 2. The molecule has 0 radical (unpaired) electrons. The van der Waals surface area contributed by atoms with E-state index in [1.165, 1.54) is 0 Å². The molecular formula is C8H13N3O2. The van der Waals surface area contributed by atoms with Gasteiger partial charge in [-0.3, -0.25) is 0 Å². The van der Waals surface area contributed by atoms with Crippen molar-refractivity contribution in [3.8, 4) is 0 Å². The predicted molar refractivity (Wildman–Crippen MR) is 46.8 cm³/mol. The van der Waals surface area contributed by atoms with Gasteiger partial charge >= 0.3 is 0 Å². The predicted octanol–water partition coefficient (Wildman–Crippen LogP) is -1.30. The number of hydrogen-bond acceptors (Lipinski definition) is 5. The maximum Gasteiger partial charge on any atom is 0.129 e. The van der Waals surface area contributed by atoms with Gasteiger partial charge < -0.3 is 15.9 Å². The second-order valence-corrected chi connectivity index (χ2v) is 2.78. The molecule has 0 bridgehead atoms. The van der Waals surface area contributed by atoms with Gasteiger partial charge in [-0.05, 0) is 6.07 Å². The van der Waals surface area contributed by atoms with Gasteiger partial charge in [0.25, 0.3) is 0 Å². The third kappa shape index (κ3) is 3.06. The number of hydrogen-bond donors (Lipinski definition) is 3. The normalized spacial score (nSPS) is 15.3. The lowest BCUT2D eigenvalue weighted by atomic mass is 10.1. The molecule has 0 spiro atoms. The van der Waals surface area contributed by atoms with Crippen molar-refractivity contribution in [1.29, 1.82) is 0 Å². The van der Waals surface area contributed by atoms with E-state index in [2.05, 4.69) is 9.97 Å². The first kappa shape index (κ1) is 10.0. The van der Waals surface area contributed by atoms with Gasteiger partial charge in [-0.15, -0.1) is 0 Å². The Kier molecular flexibility index (Phi) is 3.75. The second kappa shape index (κ2) is 4.86. The zero-order valence-electron chi connectivity index (χ0n) is 7.17. The van der Waals surface area contributed by atoms with Crippen LogP contribution in [0.15, 0.2) is 18.5 Å². The molecule has 1 heterocycles. The van der Waals surface area contributed by atoms with E-state index in [0.29, 0.717) is 12.2 Å². The minimum atomic E-state index is -0.913. The van der Waals surface area contributed by atoms with E-state index in [1.54, 1.807) is 18.5 Å². The van der Waals surface area contributed by atoms with Crippen LogP contribution in [0.2, 0.25) is 0 Å². The lowest BCUT2D eigenvalue weighted by molar-refractivity contribution is 0.0737. The highest BCUT2D eigenvalue weighted by Gasteiger charge is 2.14. The summed E-state index contributed by atoms with van der Waals surface area (Å²) in [6.45, 7) is -0.339. The number of aromatic nitrogens is 2. The van der Waals surface area contributed by atoms with Gasteiger partial charge in [-0.25, -0.2) is 9.97 Å². The Morgan fingerprint density at radius 2 is 2.00 bits per heavy atom. The van der Waals surface area contributed by atoms with Gasteiger partial charge in [0.15, 0.2) is 0 Å². The van der Waals surface area contributed by atoms with E-state index in [-0.39, 0.29) is 6.61 Å². The van der Waals surface area contributed by atoms with Gasteiger partial charge in [0.2, 0.25) is 0 Å². The molecule has 0 saturated carbocycles. The summed E-state index contributed by atoms with van der Waals surface area (Å²) in [5.74, 6) is 0.572. The van der Waals surface area contributed by atoms with Crippen LogP contribution < -0.4 is 5.73 Å². The van der Waals surface area contributed by atoms with Crippen LogP contribution >= 0.6 is 0 Å². The minimum absolute atomic E-state index is 0.339. The van der Waals surface area contributed by atoms with Crippen LogP contribution in [0.3, 0.4) is 0 Å². The van der Waals surface area contributed by atoms with E-state index in [9.17, 15) is 0 Å². The SMILES string of the molecule is N[C@H](Cc1ncccn1)[C@H](O)CO. The maximum atomic E-state index is 9.16. The van der Waals surface area contributed by atoms with Crippen molar-refractivity contribution in [3.05, 3.63) is 24.3 Å². The van der Waals surface area contributed by atoms with Crippen LogP contribution in [0.4, 0.5) is 0 Å². The first-order valence-corrected chi connectivity index (χ1v) is 4.04. The molecule has 0 amide bonds. The highest BCUT2D eigenvalue weighted by Crippen LogP contribution is 1.97. The van der Waals surface area contributed by atoms with Crippen molar-refractivity contribution >= 4 is 0 Å². The fourth-order valence-corrected chi connectivity index (χ4v) is 0.918. The van der Waals surface area contributed by atoms with Crippen molar-refractivity contribution < 1.29 is 10.2 Å². The fourth-order valence-electron chi connectivity index (χ4n) is 0.918. The summed E-state index contributed by atoms with van der Waals surface area (Å²) >= 11 is 0. The number of nitrogens with two attached hydrogens (primary N) is 1. The molecule has 5 nitrogen and oxygen atoms in total. The number of aliphatic hydroxyl groups is 2. The molecule has 0 unspecified atom stereocenters. The topological polar surface area (TPSA) is 92.3 Å². The van der Waals surface area contributed by atoms with Gasteiger partial charge in [-0.2, -0.15) is 0 Å². The highest BCUT2D eigenvalue weighted by atomic mass is 16.3. The van der Waals surface area contributed by atoms with Crippen molar-refractivity contribution in [2.24, 2.45) is 5.73 Å². The molecule has 0 aliphatic heterocycles. The van der Waals surface area contributed by atoms with Crippen molar-refractivity contribution in [2.75, 3.05) is 6.61 Å². The molecule has 4 N–H and O–H groups in total. The molecule has 2 atom stereocenters. The smallest absolute Gasteiger partial charge is 0.129 e. The second-order valence-electron chi connectivity index (χ2n) is 2.78. The third-order valence-electron chi connectivity index (χ3n) is 1.72. The van der Waals surface area contributed by atoms with E-state index < -0.39 is 12.1 Å². The average Bonchev–Trinajstić information content (AvgIpc) is 2.18. The molecule has 72 valence electrons. The quantitative estimate of drug-likeness (QED) is 0.539. The summed E-state index contributed by atoms with van der Waals surface area (Å²) in [6.07, 6.45) is 2.67. The lowest BCUT2D eigenvalue weighted by Gasteiger charge is -2.14. The zero-order valence-corrected chi connectivity index (χ0v) is 7.17.